The highest BCUT2D eigenvalue weighted by Crippen LogP contribution is 2.34. The molecule has 18 heavy (non-hydrogen) atoms. The number of hydrogen-bond donors (Lipinski definition) is 0. The van der Waals surface area contributed by atoms with Crippen LogP contribution in [0.5, 0.6) is 5.75 Å². The largest absolute Gasteiger partial charge is 0.495 e. The van der Waals surface area contributed by atoms with E-state index in [0.29, 0.717) is 29.6 Å². The van der Waals surface area contributed by atoms with Gasteiger partial charge in [-0.3, -0.25) is 0 Å². The molecule has 2 rings (SSSR count). The summed E-state index contributed by atoms with van der Waals surface area (Å²) in [5.74, 6) is 0.701. The number of nitrogens with zero attached hydrogens (tertiary/aromatic N) is 2. The zero-order chi connectivity index (χ0) is 13.1. The highest BCUT2D eigenvalue weighted by Gasteiger charge is 2.18. The Morgan fingerprint density at radius 2 is 2.17 bits per heavy atom. The Bertz CT molecular complexity index is 613. The summed E-state index contributed by atoms with van der Waals surface area (Å²) in [6.07, 6.45) is 0. The first-order chi connectivity index (χ1) is 8.74. The fraction of sp³-hybridized carbons (Fsp3) is 0.308. The first-order valence-electron chi connectivity index (χ1n) is 5.48. The van der Waals surface area contributed by atoms with Gasteiger partial charge in [-0.05, 0) is 6.07 Å². The van der Waals surface area contributed by atoms with Gasteiger partial charge in [0.25, 0.3) is 0 Å². The van der Waals surface area contributed by atoms with Crippen molar-refractivity contribution < 1.29 is 9.47 Å². The van der Waals surface area contributed by atoms with E-state index in [1.165, 1.54) is 0 Å². The van der Waals surface area contributed by atoms with Crippen LogP contribution in [0.2, 0.25) is 5.15 Å². The van der Waals surface area contributed by atoms with Crippen molar-refractivity contribution >= 4 is 22.5 Å². The lowest BCUT2D eigenvalue weighted by Gasteiger charge is -2.09. The van der Waals surface area contributed by atoms with Crippen molar-refractivity contribution in [1.29, 1.82) is 5.26 Å². The molecule has 5 heteroatoms. The van der Waals surface area contributed by atoms with Gasteiger partial charge in [0, 0.05) is 19.0 Å². The zero-order valence-corrected chi connectivity index (χ0v) is 11.0. The molecule has 0 bridgehead atoms. The van der Waals surface area contributed by atoms with E-state index in [-0.39, 0.29) is 0 Å². The molecule has 0 spiro atoms. The van der Waals surface area contributed by atoms with Gasteiger partial charge >= 0.3 is 0 Å². The van der Waals surface area contributed by atoms with E-state index >= 15 is 0 Å². The summed E-state index contributed by atoms with van der Waals surface area (Å²) in [7, 11) is 3.23. The number of rotatable bonds is 4. The molecule has 0 atom stereocenters. The first kappa shape index (κ1) is 12.7. The number of ether oxygens (including phenoxy) is 2. The zero-order valence-electron chi connectivity index (χ0n) is 10.2. The smallest absolute Gasteiger partial charge is 0.143 e. The predicted molar refractivity (Wildman–Crippen MR) is 70.1 cm³/mol. The average molecular weight is 265 g/mol. The summed E-state index contributed by atoms with van der Waals surface area (Å²) in [4.78, 5) is 0. The van der Waals surface area contributed by atoms with Crippen molar-refractivity contribution in [2.45, 2.75) is 6.54 Å². The molecule has 0 saturated carbocycles. The molecular weight excluding hydrogens is 252 g/mol. The topological polar surface area (TPSA) is 47.2 Å². The second kappa shape index (κ2) is 5.30. The molecule has 0 aliphatic carbocycles. The highest BCUT2D eigenvalue weighted by molar-refractivity contribution is 6.32. The molecule has 1 heterocycles. The fourth-order valence-corrected chi connectivity index (χ4v) is 2.32. The van der Waals surface area contributed by atoms with Crippen LogP contribution in [0.3, 0.4) is 0 Å². The first-order valence-corrected chi connectivity index (χ1v) is 5.86. The van der Waals surface area contributed by atoms with Crippen LogP contribution >= 0.6 is 11.6 Å². The van der Waals surface area contributed by atoms with Crippen molar-refractivity contribution in [3.05, 3.63) is 28.9 Å². The summed E-state index contributed by atoms with van der Waals surface area (Å²) in [5, 5.41) is 10.4. The molecular formula is C13H13ClN2O2. The number of methoxy groups -OCH3 is 2. The van der Waals surface area contributed by atoms with Crippen LogP contribution < -0.4 is 4.74 Å². The van der Waals surface area contributed by atoms with Gasteiger partial charge in [0.2, 0.25) is 0 Å². The van der Waals surface area contributed by atoms with Crippen molar-refractivity contribution in [1.82, 2.24) is 4.57 Å². The molecule has 0 aliphatic heterocycles. The molecule has 0 saturated heterocycles. The third-order valence-electron chi connectivity index (χ3n) is 2.83. The Labute approximate surface area is 110 Å². The predicted octanol–water partition coefficient (Wildman–Crippen LogP) is 2.82. The Balaban J connectivity index is 2.74. The van der Waals surface area contributed by atoms with Crippen molar-refractivity contribution in [3.63, 3.8) is 0 Å². The molecule has 0 fully saturated rings. The molecule has 2 aromatic rings. The number of fused-ring (bicyclic) bond motifs is 1. The van der Waals surface area contributed by atoms with E-state index in [1.54, 1.807) is 14.2 Å². The number of halogens is 1. The van der Waals surface area contributed by atoms with Gasteiger partial charge in [0.05, 0.1) is 24.8 Å². The lowest BCUT2D eigenvalue weighted by molar-refractivity contribution is 0.188. The van der Waals surface area contributed by atoms with Gasteiger partial charge < -0.3 is 14.0 Å². The maximum atomic E-state index is 9.20. The van der Waals surface area contributed by atoms with Crippen LogP contribution in [-0.2, 0) is 11.3 Å². The molecule has 1 aromatic carbocycles. The normalized spacial score (nSPS) is 10.6. The maximum absolute atomic E-state index is 9.20. The van der Waals surface area contributed by atoms with E-state index in [2.05, 4.69) is 6.07 Å². The second-order valence-electron chi connectivity index (χ2n) is 3.78. The lowest BCUT2D eigenvalue weighted by atomic mass is 10.2. The highest BCUT2D eigenvalue weighted by atomic mass is 35.5. The summed E-state index contributed by atoms with van der Waals surface area (Å²) in [6, 6.07) is 7.70. The van der Waals surface area contributed by atoms with E-state index < -0.39 is 0 Å². The molecule has 0 N–H and O–H groups in total. The number of para-hydroxylation sites is 1. The third-order valence-corrected chi connectivity index (χ3v) is 3.23. The summed E-state index contributed by atoms with van der Waals surface area (Å²) in [5.41, 5.74) is 1.31. The van der Waals surface area contributed by atoms with E-state index in [0.717, 1.165) is 10.9 Å². The van der Waals surface area contributed by atoms with Crippen molar-refractivity contribution in [3.8, 4) is 11.8 Å². The van der Waals surface area contributed by atoms with Crippen molar-refractivity contribution in [2.75, 3.05) is 20.8 Å². The molecule has 94 valence electrons. The Hall–Kier alpha value is -1.70. The number of hydrogen-bond acceptors (Lipinski definition) is 3. The summed E-state index contributed by atoms with van der Waals surface area (Å²) in [6.45, 7) is 1.10. The van der Waals surface area contributed by atoms with Gasteiger partial charge in [-0.1, -0.05) is 23.7 Å². The number of benzene rings is 1. The minimum Gasteiger partial charge on any atom is -0.495 e. The van der Waals surface area contributed by atoms with Crippen LogP contribution in [0, 0.1) is 11.3 Å². The van der Waals surface area contributed by atoms with Gasteiger partial charge in [-0.15, -0.1) is 0 Å². The molecule has 0 radical (unpaired) electrons. The van der Waals surface area contributed by atoms with Gasteiger partial charge in [0.15, 0.2) is 0 Å². The van der Waals surface area contributed by atoms with Gasteiger partial charge in [-0.2, -0.15) is 5.26 Å². The molecule has 0 amide bonds. The van der Waals surface area contributed by atoms with Crippen LogP contribution in [0.25, 0.3) is 10.9 Å². The van der Waals surface area contributed by atoms with Crippen LogP contribution in [0.15, 0.2) is 18.2 Å². The molecule has 0 aliphatic rings. The number of aromatic nitrogens is 1. The Morgan fingerprint density at radius 1 is 1.39 bits per heavy atom. The molecule has 1 aromatic heterocycles. The second-order valence-corrected chi connectivity index (χ2v) is 4.14. The van der Waals surface area contributed by atoms with Crippen LogP contribution in [0.1, 0.15) is 5.56 Å². The fourth-order valence-electron chi connectivity index (χ4n) is 2.01. The molecule has 0 unspecified atom stereocenters. The van der Waals surface area contributed by atoms with Crippen molar-refractivity contribution in [2.24, 2.45) is 0 Å². The minimum absolute atomic E-state index is 0.425. The average Bonchev–Trinajstić information content (AvgIpc) is 2.67. The maximum Gasteiger partial charge on any atom is 0.143 e. The van der Waals surface area contributed by atoms with E-state index in [9.17, 15) is 5.26 Å². The lowest BCUT2D eigenvalue weighted by Crippen LogP contribution is -2.04. The molecule has 4 nitrogen and oxygen atoms in total. The SMILES string of the molecule is COCCn1c(Cl)c(C#N)c2cccc(OC)c21. The minimum atomic E-state index is 0.425. The van der Waals surface area contributed by atoms with Crippen LogP contribution in [-0.4, -0.2) is 25.4 Å². The van der Waals surface area contributed by atoms with Gasteiger partial charge in [0.1, 0.15) is 17.0 Å². The monoisotopic (exact) mass is 264 g/mol. The number of nitriles is 1. The summed E-state index contributed by atoms with van der Waals surface area (Å²) >= 11 is 6.25. The standard InChI is InChI=1S/C13H13ClN2O2/c1-17-7-6-16-12-9(10(8-15)13(16)14)4-3-5-11(12)18-2/h3-5H,6-7H2,1-2H3. The quantitative estimate of drug-likeness (QED) is 0.853. The van der Waals surface area contributed by atoms with E-state index in [1.807, 2.05) is 22.8 Å². The van der Waals surface area contributed by atoms with E-state index in [4.69, 9.17) is 21.1 Å². The van der Waals surface area contributed by atoms with Crippen LogP contribution in [0.4, 0.5) is 0 Å². The summed E-state index contributed by atoms with van der Waals surface area (Å²) < 4.78 is 12.2. The third kappa shape index (κ3) is 1.92. The Kier molecular flexibility index (Phi) is 3.75. The Morgan fingerprint density at radius 3 is 2.78 bits per heavy atom. The van der Waals surface area contributed by atoms with Gasteiger partial charge in [-0.25, -0.2) is 0 Å².